The van der Waals surface area contributed by atoms with Crippen molar-refractivity contribution in [3.8, 4) is 0 Å². The number of carbonyl (C=O) groups is 1. The molecule has 4 heteroatoms. The molecular weight excluding hydrogens is 196 g/mol. The zero-order valence-electron chi connectivity index (χ0n) is 7.78. The smallest absolute Gasteiger partial charge is 0.254 e. The normalized spacial score (nSPS) is 14.4. The van der Waals surface area contributed by atoms with Gasteiger partial charge in [0.2, 0.25) is 0 Å². The van der Waals surface area contributed by atoms with E-state index in [-0.39, 0.29) is 5.91 Å². The third-order valence-corrected chi connectivity index (χ3v) is 2.63. The molecule has 2 rings (SSSR count). The van der Waals surface area contributed by atoms with Gasteiger partial charge in [-0.15, -0.1) is 0 Å². The Balaban J connectivity index is 2.61. The molecular formula is C10H10N2OS. The summed E-state index contributed by atoms with van der Waals surface area (Å²) in [7, 11) is 1.77. The minimum atomic E-state index is 0.0399. The maximum absolute atomic E-state index is 11.6. The summed E-state index contributed by atoms with van der Waals surface area (Å²) in [5.41, 5.74) is 8.07. The first-order valence-corrected chi connectivity index (χ1v) is 4.69. The van der Waals surface area contributed by atoms with Gasteiger partial charge in [-0.1, -0.05) is 24.4 Å². The van der Waals surface area contributed by atoms with Crippen LogP contribution in [0.1, 0.15) is 21.5 Å². The van der Waals surface area contributed by atoms with Crippen molar-refractivity contribution in [3.05, 3.63) is 34.9 Å². The van der Waals surface area contributed by atoms with Crippen molar-refractivity contribution in [1.82, 2.24) is 4.90 Å². The minimum Gasteiger partial charge on any atom is -0.389 e. The van der Waals surface area contributed by atoms with Crippen molar-refractivity contribution in [3.63, 3.8) is 0 Å². The fourth-order valence-electron chi connectivity index (χ4n) is 1.70. The molecule has 0 unspecified atom stereocenters. The van der Waals surface area contributed by atoms with Gasteiger partial charge in [0.1, 0.15) is 4.99 Å². The van der Waals surface area contributed by atoms with Crippen LogP contribution in [-0.2, 0) is 6.54 Å². The summed E-state index contributed by atoms with van der Waals surface area (Å²) in [6.07, 6.45) is 0. The van der Waals surface area contributed by atoms with Gasteiger partial charge in [0.05, 0.1) is 0 Å². The molecule has 0 atom stereocenters. The van der Waals surface area contributed by atoms with Crippen LogP contribution in [0.15, 0.2) is 18.2 Å². The summed E-state index contributed by atoms with van der Waals surface area (Å²) in [6.45, 7) is 0.599. The van der Waals surface area contributed by atoms with Gasteiger partial charge >= 0.3 is 0 Å². The molecule has 0 saturated heterocycles. The third-order valence-electron chi connectivity index (χ3n) is 2.41. The maximum Gasteiger partial charge on any atom is 0.254 e. The first-order valence-electron chi connectivity index (χ1n) is 4.28. The lowest BCUT2D eigenvalue weighted by Gasteiger charge is -2.06. The van der Waals surface area contributed by atoms with Gasteiger partial charge in [-0.25, -0.2) is 0 Å². The van der Waals surface area contributed by atoms with Gasteiger partial charge in [-0.2, -0.15) is 0 Å². The molecule has 0 saturated carbocycles. The highest BCUT2D eigenvalue weighted by Gasteiger charge is 2.26. The van der Waals surface area contributed by atoms with Crippen LogP contribution in [0.3, 0.4) is 0 Å². The molecule has 1 amide bonds. The Morgan fingerprint density at radius 1 is 1.57 bits per heavy atom. The van der Waals surface area contributed by atoms with Gasteiger partial charge < -0.3 is 10.6 Å². The molecule has 14 heavy (non-hydrogen) atoms. The first-order chi connectivity index (χ1) is 6.61. The van der Waals surface area contributed by atoms with Crippen LogP contribution in [0.5, 0.6) is 0 Å². The molecule has 3 nitrogen and oxygen atoms in total. The molecule has 0 spiro atoms. The number of benzene rings is 1. The van der Waals surface area contributed by atoms with E-state index in [0.29, 0.717) is 11.5 Å². The number of nitrogens with zero attached hydrogens (tertiary/aromatic N) is 1. The fourth-order valence-corrected chi connectivity index (χ4v) is 1.89. The number of hydrogen-bond acceptors (Lipinski definition) is 2. The molecule has 2 N–H and O–H groups in total. The summed E-state index contributed by atoms with van der Waals surface area (Å²) in [4.78, 5) is 13.6. The van der Waals surface area contributed by atoms with Gasteiger partial charge in [-0.05, 0) is 11.6 Å². The highest BCUT2D eigenvalue weighted by atomic mass is 32.1. The molecule has 0 aliphatic carbocycles. The number of hydrogen-bond donors (Lipinski definition) is 1. The SMILES string of the molecule is CN1Cc2c(cccc2C(N)=S)C1=O. The monoisotopic (exact) mass is 206 g/mol. The summed E-state index contributed by atoms with van der Waals surface area (Å²) in [6, 6.07) is 5.47. The Morgan fingerprint density at radius 3 is 2.93 bits per heavy atom. The second kappa shape index (κ2) is 3.06. The van der Waals surface area contributed by atoms with Gasteiger partial charge in [0, 0.05) is 24.7 Å². The molecule has 0 fully saturated rings. The second-order valence-corrected chi connectivity index (χ2v) is 3.80. The zero-order chi connectivity index (χ0) is 10.3. The van der Waals surface area contributed by atoms with Crippen LogP contribution >= 0.6 is 12.2 Å². The van der Waals surface area contributed by atoms with Crippen LogP contribution in [0, 0.1) is 0 Å². The molecule has 0 bridgehead atoms. The topological polar surface area (TPSA) is 46.3 Å². The molecule has 1 aromatic carbocycles. The van der Waals surface area contributed by atoms with Crippen LogP contribution < -0.4 is 5.73 Å². The van der Waals surface area contributed by atoms with Crippen molar-refractivity contribution in [2.75, 3.05) is 7.05 Å². The predicted molar refractivity (Wildman–Crippen MR) is 58.1 cm³/mol. The largest absolute Gasteiger partial charge is 0.389 e. The fraction of sp³-hybridized carbons (Fsp3) is 0.200. The number of fused-ring (bicyclic) bond motifs is 1. The first kappa shape index (κ1) is 9.15. The third kappa shape index (κ3) is 1.19. The Kier molecular flexibility index (Phi) is 2.00. The van der Waals surface area contributed by atoms with Gasteiger partial charge in [0.25, 0.3) is 5.91 Å². The molecule has 1 aliphatic rings. The van der Waals surface area contributed by atoms with E-state index in [1.165, 1.54) is 0 Å². The maximum atomic E-state index is 11.6. The summed E-state index contributed by atoms with van der Waals surface area (Å²) >= 11 is 4.93. The summed E-state index contributed by atoms with van der Waals surface area (Å²) in [5.74, 6) is 0.0399. The van der Waals surface area contributed by atoms with E-state index in [9.17, 15) is 4.79 Å². The van der Waals surface area contributed by atoms with E-state index >= 15 is 0 Å². The van der Waals surface area contributed by atoms with E-state index < -0.39 is 0 Å². The average molecular weight is 206 g/mol. The van der Waals surface area contributed by atoms with Gasteiger partial charge in [-0.3, -0.25) is 4.79 Å². The highest BCUT2D eigenvalue weighted by Crippen LogP contribution is 2.24. The average Bonchev–Trinajstić information content (AvgIpc) is 2.43. The van der Waals surface area contributed by atoms with Crippen LogP contribution in [0.2, 0.25) is 0 Å². The minimum absolute atomic E-state index is 0.0399. The number of nitrogens with two attached hydrogens (primary N) is 1. The molecule has 72 valence electrons. The summed E-state index contributed by atoms with van der Waals surface area (Å²) in [5, 5.41) is 0. The Labute approximate surface area is 87.5 Å². The molecule has 1 aromatic rings. The van der Waals surface area contributed by atoms with Crippen LogP contribution in [0.4, 0.5) is 0 Å². The lowest BCUT2D eigenvalue weighted by Crippen LogP contribution is -2.17. The second-order valence-electron chi connectivity index (χ2n) is 3.36. The number of carbonyl (C=O) groups excluding carboxylic acids is 1. The van der Waals surface area contributed by atoms with E-state index in [1.54, 1.807) is 11.9 Å². The number of thiocarbonyl (C=S) groups is 1. The number of amides is 1. The van der Waals surface area contributed by atoms with E-state index in [0.717, 1.165) is 16.7 Å². The number of rotatable bonds is 1. The Morgan fingerprint density at radius 2 is 2.29 bits per heavy atom. The van der Waals surface area contributed by atoms with Crippen molar-refractivity contribution < 1.29 is 4.79 Å². The van der Waals surface area contributed by atoms with Crippen molar-refractivity contribution in [1.29, 1.82) is 0 Å². The summed E-state index contributed by atoms with van der Waals surface area (Å²) < 4.78 is 0. The van der Waals surface area contributed by atoms with Crippen LogP contribution in [0.25, 0.3) is 0 Å². The Hall–Kier alpha value is -1.42. The molecule has 1 aliphatic heterocycles. The quantitative estimate of drug-likeness (QED) is 0.695. The highest BCUT2D eigenvalue weighted by molar-refractivity contribution is 7.80. The molecule has 1 heterocycles. The van der Waals surface area contributed by atoms with Crippen molar-refractivity contribution in [2.45, 2.75) is 6.54 Å². The van der Waals surface area contributed by atoms with Crippen molar-refractivity contribution in [2.24, 2.45) is 5.73 Å². The van der Waals surface area contributed by atoms with Gasteiger partial charge in [0.15, 0.2) is 0 Å². The van der Waals surface area contributed by atoms with E-state index in [1.807, 2.05) is 18.2 Å². The molecule has 0 aromatic heterocycles. The molecule has 0 radical (unpaired) electrons. The lowest BCUT2D eigenvalue weighted by atomic mass is 10.0. The van der Waals surface area contributed by atoms with E-state index in [4.69, 9.17) is 18.0 Å². The standard InChI is InChI=1S/C10H10N2OS/c1-12-5-8-6(9(11)14)3-2-4-7(8)10(12)13/h2-4H,5H2,1H3,(H2,11,14). The van der Waals surface area contributed by atoms with Crippen molar-refractivity contribution >= 4 is 23.1 Å². The zero-order valence-corrected chi connectivity index (χ0v) is 8.60. The lowest BCUT2D eigenvalue weighted by molar-refractivity contribution is 0.0816. The van der Waals surface area contributed by atoms with Crippen LogP contribution in [-0.4, -0.2) is 22.8 Å². The Bertz CT molecular complexity index is 428. The predicted octanol–water partition coefficient (Wildman–Crippen LogP) is 0.906. The van der Waals surface area contributed by atoms with E-state index in [2.05, 4.69) is 0 Å².